The van der Waals surface area contributed by atoms with Crippen molar-refractivity contribution in [1.82, 2.24) is 10.2 Å². The fourth-order valence-electron chi connectivity index (χ4n) is 2.83. The molecule has 1 aliphatic heterocycles. The minimum Gasteiger partial charge on any atom is -0.314 e. The molecule has 0 amide bonds. The highest BCUT2D eigenvalue weighted by Crippen LogP contribution is 2.28. The molecule has 0 aliphatic carbocycles. The first-order valence-electron chi connectivity index (χ1n) is 7.10. The highest BCUT2D eigenvalue weighted by molar-refractivity contribution is 5.32. The van der Waals surface area contributed by atoms with Crippen molar-refractivity contribution < 1.29 is 4.39 Å². The third kappa shape index (κ3) is 2.89. The van der Waals surface area contributed by atoms with Gasteiger partial charge in [-0.2, -0.15) is 0 Å². The number of piperazine rings is 1. The van der Waals surface area contributed by atoms with Gasteiger partial charge in [0.15, 0.2) is 0 Å². The third-order valence-electron chi connectivity index (χ3n) is 3.82. The maximum atomic E-state index is 13.2. The molecule has 2 aromatic carbocycles. The largest absolute Gasteiger partial charge is 0.314 e. The van der Waals surface area contributed by atoms with Crippen molar-refractivity contribution in [2.75, 3.05) is 26.2 Å². The van der Waals surface area contributed by atoms with E-state index in [1.165, 1.54) is 5.56 Å². The maximum absolute atomic E-state index is 13.2. The molecular weight excluding hydrogens is 251 g/mol. The van der Waals surface area contributed by atoms with Gasteiger partial charge < -0.3 is 5.32 Å². The second kappa shape index (κ2) is 6.16. The molecule has 2 nitrogen and oxygen atoms in total. The van der Waals surface area contributed by atoms with Crippen LogP contribution in [0.25, 0.3) is 0 Å². The van der Waals surface area contributed by atoms with E-state index in [4.69, 9.17) is 0 Å². The molecule has 2 aromatic rings. The van der Waals surface area contributed by atoms with Gasteiger partial charge in [-0.3, -0.25) is 4.90 Å². The Kier molecular flexibility index (Phi) is 4.09. The molecule has 1 atom stereocenters. The summed E-state index contributed by atoms with van der Waals surface area (Å²) in [5, 5.41) is 3.38. The monoisotopic (exact) mass is 270 g/mol. The fraction of sp³-hybridized carbons (Fsp3) is 0.294. The summed E-state index contributed by atoms with van der Waals surface area (Å²) in [5.41, 5.74) is 2.42. The Balaban J connectivity index is 1.96. The number of benzene rings is 2. The minimum absolute atomic E-state index is 0.180. The molecule has 1 aliphatic rings. The summed E-state index contributed by atoms with van der Waals surface area (Å²) in [6.07, 6.45) is 0. The Labute approximate surface area is 119 Å². The predicted molar refractivity (Wildman–Crippen MR) is 79.1 cm³/mol. The van der Waals surface area contributed by atoms with Gasteiger partial charge in [-0.1, -0.05) is 42.5 Å². The normalized spacial score (nSPS) is 17.9. The highest BCUT2D eigenvalue weighted by Gasteiger charge is 2.23. The lowest BCUT2D eigenvalue weighted by Gasteiger charge is -2.35. The molecular formula is C17H19FN2. The summed E-state index contributed by atoms with van der Waals surface area (Å²) < 4.78 is 13.2. The van der Waals surface area contributed by atoms with E-state index in [0.717, 1.165) is 31.7 Å². The van der Waals surface area contributed by atoms with Crippen LogP contribution < -0.4 is 5.32 Å². The maximum Gasteiger partial charge on any atom is 0.123 e. The van der Waals surface area contributed by atoms with Crippen LogP contribution in [0.3, 0.4) is 0 Å². The SMILES string of the molecule is Fc1ccc([C@@H](c2ccccc2)N2CCNCC2)cc1. The molecule has 0 bridgehead atoms. The number of nitrogens with zero attached hydrogens (tertiary/aromatic N) is 1. The van der Waals surface area contributed by atoms with E-state index >= 15 is 0 Å². The van der Waals surface area contributed by atoms with Crippen LogP contribution in [0, 0.1) is 5.82 Å². The number of hydrogen-bond acceptors (Lipinski definition) is 2. The Bertz CT molecular complexity index is 533. The van der Waals surface area contributed by atoms with Gasteiger partial charge in [0.25, 0.3) is 0 Å². The standard InChI is InChI=1S/C17H19FN2/c18-16-8-6-15(7-9-16)17(14-4-2-1-3-5-14)20-12-10-19-11-13-20/h1-9,17,19H,10-13H2/t17-/m1/s1. The van der Waals surface area contributed by atoms with E-state index in [1.807, 2.05) is 18.2 Å². The van der Waals surface area contributed by atoms with Gasteiger partial charge in [0, 0.05) is 26.2 Å². The summed E-state index contributed by atoms with van der Waals surface area (Å²) in [5.74, 6) is -0.180. The fourth-order valence-corrected chi connectivity index (χ4v) is 2.83. The van der Waals surface area contributed by atoms with Crippen molar-refractivity contribution in [2.24, 2.45) is 0 Å². The number of hydrogen-bond donors (Lipinski definition) is 1. The first-order chi connectivity index (χ1) is 9.84. The van der Waals surface area contributed by atoms with Crippen molar-refractivity contribution in [3.63, 3.8) is 0 Å². The molecule has 104 valence electrons. The van der Waals surface area contributed by atoms with Crippen LogP contribution >= 0.6 is 0 Å². The molecule has 3 rings (SSSR count). The van der Waals surface area contributed by atoms with Crippen LogP contribution in [0.4, 0.5) is 4.39 Å². The number of rotatable bonds is 3. The molecule has 1 saturated heterocycles. The van der Waals surface area contributed by atoms with Crippen molar-refractivity contribution in [3.8, 4) is 0 Å². The third-order valence-corrected chi connectivity index (χ3v) is 3.82. The van der Waals surface area contributed by atoms with Gasteiger partial charge >= 0.3 is 0 Å². The predicted octanol–water partition coefficient (Wildman–Crippen LogP) is 2.82. The Morgan fingerprint density at radius 1 is 0.850 bits per heavy atom. The first-order valence-corrected chi connectivity index (χ1v) is 7.10. The topological polar surface area (TPSA) is 15.3 Å². The first kappa shape index (κ1) is 13.3. The van der Waals surface area contributed by atoms with Gasteiger partial charge in [-0.05, 0) is 23.3 Å². The van der Waals surface area contributed by atoms with Crippen LogP contribution in [0.5, 0.6) is 0 Å². The van der Waals surface area contributed by atoms with E-state index in [2.05, 4.69) is 34.5 Å². The molecule has 0 unspecified atom stereocenters. The zero-order valence-corrected chi connectivity index (χ0v) is 11.4. The number of nitrogens with one attached hydrogen (secondary N) is 1. The molecule has 1 N–H and O–H groups in total. The van der Waals surface area contributed by atoms with Crippen molar-refractivity contribution in [3.05, 3.63) is 71.5 Å². The van der Waals surface area contributed by atoms with E-state index in [0.29, 0.717) is 0 Å². The summed E-state index contributed by atoms with van der Waals surface area (Å²) in [4.78, 5) is 2.46. The lowest BCUT2D eigenvalue weighted by molar-refractivity contribution is 0.198. The molecule has 0 spiro atoms. The van der Waals surface area contributed by atoms with Gasteiger partial charge in [-0.25, -0.2) is 4.39 Å². The van der Waals surface area contributed by atoms with Crippen LogP contribution in [0.1, 0.15) is 17.2 Å². The average molecular weight is 270 g/mol. The smallest absolute Gasteiger partial charge is 0.123 e. The van der Waals surface area contributed by atoms with Gasteiger partial charge in [0.2, 0.25) is 0 Å². The highest BCUT2D eigenvalue weighted by atomic mass is 19.1. The summed E-state index contributed by atoms with van der Waals surface area (Å²) >= 11 is 0. The summed E-state index contributed by atoms with van der Waals surface area (Å²) in [6.45, 7) is 4.03. The Morgan fingerprint density at radius 2 is 1.45 bits per heavy atom. The molecule has 1 heterocycles. The van der Waals surface area contributed by atoms with E-state index in [1.54, 1.807) is 12.1 Å². The van der Waals surface area contributed by atoms with Gasteiger partial charge in [-0.15, -0.1) is 0 Å². The number of halogens is 1. The van der Waals surface area contributed by atoms with Gasteiger partial charge in [0.1, 0.15) is 5.82 Å². The van der Waals surface area contributed by atoms with E-state index < -0.39 is 0 Å². The van der Waals surface area contributed by atoms with Crippen LogP contribution in [0.2, 0.25) is 0 Å². The molecule has 0 radical (unpaired) electrons. The zero-order chi connectivity index (χ0) is 13.8. The molecule has 3 heteroatoms. The minimum atomic E-state index is -0.180. The quantitative estimate of drug-likeness (QED) is 0.922. The van der Waals surface area contributed by atoms with Crippen molar-refractivity contribution in [2.45, 2.75) is 6.04 Å². The second-order valence-electron chi connectivity index (χ2n) is 5.15. The van der Waals surface area contributed by atoms with Crippen molar-refractivity contribution >= 4 is 0 Å². The lowest BCUT2D eigenvalue weighted by Crippen LogP contribution is -2.45. The molecule has 0 saturated carbocycles. The lowest BCUT2D eigenvalue weighted by atomic mass is 9.96. The molecule has 0 aromatic heterocycles. The summed E-state index contributed by atoms with van der Waals surface area (Å²) in [7, 11) is 0. The van der Waals surface area contributed by atoms with E-state index in [-0.39, 0.29) is 11.9 Å². The Hall–Kier alpha value is -1.71. The zero-order valence-electron chi connectivity index (χ0n) is 11.4. The second-order valence-corrected chi connectivity index (χ2v) is 5.15. The van der Waals surface area contributed by atoms with E-state index in [9.17, 15) is 4.39 Å². The van der Waals surface area contributed by atoms with Gasteiger partial charge in [0.05, 0.1) is 6.04 Å². The summed E-state index contributed by atoms with van der Waals surface area (Å²) in [6, 6.07) is 17.6. The van der Waals surface area contributed by atoms with Crippen LogP contribution in [-0.4, -0.2) is 31.1 Å². The molecule has 1 fully saturated rings. The van der Waals surface area contributed by atoms with Crippen molar-refractivity contribution in [1.29, 1.82) is 0 Å². The molecule has 20 heavy (non-hydrogen) atoms. The Morgan fingerprint density at radius 3 is 2.10 bits per heavy atom. The average Bonchev–Trinajstić information content (AvgIpc) is 2.52. The van der Waals surface area contributed by atoms with Crippen LogP contribution in [0.15, 0.2) is 54.6 Å². The van der Waals surface area contributed by atoms with Crippen LogP contribution in [-0.2, 0) is 0 Å².